The van der Waals surface area contributed by atoms with Gasteiger partial charge in [0, 0.05) is 32.7 Å². The van der Waals surface area contributed by atoms with Gasteiger partial charge in [0.05, 0.1) is 11.8 Å². The molecule has 0 atom stereocenters. The summed E-state index contributed by atoms with van der Waals surface area (Å²) in [5, 5.41) is 2.87. The van der Waals surface area contributed by atoms with Crippen molar-refractivity contribution in [2.24, 2.45) is 0 Å². The molecule has 0 saturated carbocycles. The molecule has 0 spiro atoms. The zero-order valence-corrected chi connectivity index (χ0v) is 18.1. The highest BCUT2D eigenvalue weighted by molar-refractivity contribution is 5.97. The highest BCUT2D eigenvalue weighted by Crippen LogP contribution is 2.18. The number of rotatable bonds is 7. The molecule has 8 heteroatoms. The van der Waals surface area contributed by atoms with E-state index in [9.17, 15) is 14.4 Å². The maximum absolute atomic E-state index is 12.7. The van der Waals surface area contributed by atoms with Gasteiger partial charge < -0.3 is 24.3 Å². The number of piperazine rings is 1. The summed E-state index contributed by atoms with van der Waals surface area (Å²) < 4.78 is 10.9. The summed E-state index contributed by atoms with van der Waals surface area (Å²) in [5.74, 6) is -0.00589. The Kier molecular flexibility index (Phi) is 7.04. The number of hydrogen-bond donors (Lipinski definition) is 1. The Hall–Kier alpha value is -4.07. The Balaban J connectivity index is 1.28. The lowest BCUT2D eigenvalue weighted by molar-refractivity contribution is -0.134. The molecule has 170 valence electrons. The van der Waals surface area contributed by atoms with E-state index < -0.39 is 0 Å². The predicted molar refractivity (Wildman–Crippen MR) is 121 cm³/mol. The van der Waals surface area contributed by atoms with Crippen molar-refractivity contribution in [2.45, 2.75) is 6.54 Å². The third kappa shape index (κ3) is 5.60. The fourth-order valence-corrected chi connectivity index (χ4v) is 3.60. The van der Waals surface area contributed by atoms with E-state index in [1.54, 1.807) is 46.2 Å². The second-order valence-corrected chi connectivity index (χ2v) is 7.60. The van der Waals surface area contributed by atoms with Gasteiger partial charge in [0.1, 0.15) is 5.75 Å². The van der Waals surface area contributed by atoms with Crippen LogP contribution in [0, 0.1) is 0 Å². The fourth-order valence-electron chi connectivity index (χ4n) is 3.60. The second kappa shape index (κ2) is 10.5. The first-order valence-electron chi connectivity index (χ1n) is 10.8. The zero-order chi connectivity index (χ0) is 23.0. The minimum atomic E-state index is -0.271. The molecule has 1 aromatic heterocycles. The average molecular weight is 447 g/mol. The summed E-state index contributed by atoms with van der Waals surface area (Å²) >= 11 is 0. The summed E-state index contributed by atoms with van der Waals surface area (Å²) in [7, 11) is 0. The topological polar surface area (TPSA) is 92.1 Å². The lowest BCUT2D eigenvalue weighted by Gasteiger charge is -2.34. The van der Waals surface area contributed by atoms with Crippen LogP contribution in [0.5, 0.6) is 5.75 Å². The number of carbonyl (C=O) groups excluding carboxylic acids is 3. The van der Waals surface area contributed by atoms with Gasteiger partial charge in [-0.2, -0.15) is 0 Å². The van der Waals surface area contributed by atoms with E-state index in [2.05, 4.69) is 5.32 Å². The summed E-state index contributed by atoms with van der Waals surface area (Å²) in [6.45, 7) is 1.87. The van der Waals surface area contributed by atoms with Crippen molar-refractivity contribution >= 4 is 17.7 Å². The van der Waals surface area contributed by atoms with Crippen molar-refractivity contribution in [1.29, 1.82) is 0 Å². The Morgan fingerprint density at radius 2 is 1.55 bits per heavy atom. The van der Waals surface area contributed by atoms with E-state index in [4.69, 9.17) is 9.15 Å². The number of nitrogens with zero attached hydrogens (tertiary/aromatic N) is 2. The first kappa shape index (κ1) is 22.1. The normalized spacial score (nSPS) is 13.5. The number of ether oxygens (including phenoxy) is 1. The van der Waals surface area contributed by atoms with Gasteiger partial charge in [-0.25, -0.2) is 0 Å². The molecule has 1 aliphatic rings. The predicted octanol–water partition coefficient (Wildman–Crippen LogP) is 2.57. The Morgan fingerprint density at radius 1 is 0.848 bits per heavy atom. The molecule has 1 aliphatic heterocycles. The van der Waals surface area contributed by atoms with E-state index in [1.807, 2.05) is 30.3 Å². The molecule has 3 aromatic rings. The molecule has 8 nitrogen and oxygen atoms in total. The van der Waals surface area contributed by atoms with Gasteiger partial charge in [0.15, 0.2) is 12.4 Å². The van der Waals surface area contributed by atoms with Crippen LogP contribution in [0.15, 0.2) is 77.4 Å². The molecule has 1 N–H and O–H groups in total. The lowest BCUT2D eigenvalue weighted by atomic mass is 10.1. The van der Waals surface area contributed by atoms with Crippen molar-refractivity contribution in [2.75, 3.05) is 32.8 Å². The number of nitrogens with one attached hydrogen (secondary N) is 1. The first-order valence-corrected chi connectivity index (χ1v) is 10.8. The monoisotopic (exact) mass is 447 g/mol. The van der Waals surface area contributed by atoms with Crippen LogP contribution in [-0.2, 0) is 11.3 Å². The summed E-state index contributed by atoms with van der Waals surface area (Å²) in [6.07, 6.45) is 1.46. The average Bonchev–Trinajstić information content (AvgIpc) is 3.41. The molecule has 1 fully saturated rings. The minimum absolute atomic E-state index is 0.182. The third-order valence-electron chi connectivity index (χ3n) is 5.43. The van der Waals surface area contributed by atoms with Crippen LogP contribution in [0.3, 0.4) is 0 Å². The highest BCUT2D eigenvalue weighted by atomic mass is 16.5. The van der Waals surface area contributed by atoms with Crippen LogP contribution < -0.4 is 10.1 Å². The number of carbonyl (C=O) groups is 3. The fraction of sp³-hybridized carbons (Fsp3) is 0.240. The number of amides is 3. The van der Waals surface area contributed by atoms with Gasteiger partial charge >= 0.3 is 0 Å². The van der Waals surface area contributed by atoms with Crippen molar-refractivity contribution in [3.05, 3.63) is 89.9 Å². The van der Waals surface area contributed by atoms with Crippen LogP contribution in [0.1, 0.15) is 26.5 Å². The summed E-state index contributed by atoms with van der Waals surface area (Å²) in [4.78, 5) is 41.0. The molecule has 33 heavy (non-hydrogen) atoms. The number of hydrogen-bond acceptors (Lipinski definition) is 5. The molecule has 0 bridgehead atoms. The Labute approximate surface area is 191 Å². The van der Waals surface area contributed by atoms with E-state index in [0.29, 0.717) is 49.8 Å². The molecule has 1 saturated heterocycles. The molecule has 2 heterocycles. The van der Waals surface area contributed by atoms with Gasteiger partial charge in [0.25, 0.3) is 17.7 Å². The molecule has 0 aliphatic carbocycles. The first-order chi connectivity index (χ1) is 16.1. The molecule has 2 aromatic carbocycles. The maximum atomic E-state index is 12.7. The SMILES string of the molecule is O=C(NCc1ccccc1)c1ccccc1OCC(=O)N1CCN(C(=O)c2ccco2)CC1. The molecule has 3 amide bonds. The van der Waals surface area contributed by atoms with E-state index in [1.165, 1.54) is 6.26 Å². The molecule has 0 unspecified atom stereocenters. The molecule has 0 radical (unpaired) electrons. The highest BCUT2D eigenvalue weighted by Gasteiger charge is 2.26. The van der Waals surface area contributed by atoms with Crippen LogP contribution in [0.25, 0.3) is 0 Å². The smallest absolute Gasteiger partial charge is 0.289 e. The summed E-state index contributed by atoms with van der Waals surface area (Å²) in [6, 6.07) is 19.8. The minimum Gasteiger partial charge on any atom is -0.483 e. The van der Waals surface area contributed by atoms with Crippen molar-refractivity contribution < 1.29 is 23.5 Å². The molecular formula is C25H25N3O5. The second-order valence-electron chi connectivity index (χ2n) is 7.60. The lowest BCUT2D eigenvalue weighted by Crippen LogP contribution is -2.51. The van der Waals surface area contributed by atoms with Gasteiger partial charge in [-0.3, -0.25) is 14.4 Å². The van der Waals surface area contributed by atoms with Crippen LogP contribution in [0.2, 0.25) is 0 Å². The maximum Gasteiger partial charge on any atom is 0.289 e. The number of para-hydroxylation sites is 1. The largest absolute Gasteiger partial charge is 0.483 e. The standard InChI is InChI=1S/C25H25N3O5/c29-23(27-12-14-28(15-13-27)25(31)22-11-6-16-32-22)18-33-21-10-5-4-9-20(21)24(30)26-17-19-7-2-1-3-8-19/h1-11,16H,12-15,17-18H2,(H,26,30). The van der Waals surface area contributed by atoms with Crippen LogP contribution >= 0.6 is 0 Å². The van der Waals surface area contributed by atoms with E-state index in [-0.39, 0.29) is 24.3 Å². The summed E-state index contributed by atoms with van der Waals surface area (Å²) in [5.41, 5.74) is 1.36. The van der Waals surface area contributed by atoms with Crippen LogP contribution in [-0.4, -0.2) is 60.3 Å². The van der Waals surface area contributed by atoms with Gasteiger partial charge in [0.2, 0.25) is 0 Å². The van der Waals surface area contributed by atoms with Crippen LogP contribution in [0.4, 0.5) is 0 Å². The Bertz CT molecular complexity index is 1090. The quantitative estimate of drug-likeness (QED) is 0.601. The Morgan fingerprint density at radius 3 is 2.27 bits per heavy atom. The van der Waals surface area contributed by atoms with Gasteiger partial charge in [-0.05, 0) is 29.8 Å². The van der Waals surface area contributed by atoms with Gasteiger partial charge in [-0.15, -0.1) is 0 Å². The van der Waals surface area contributed by atoms with Crippen molar-refractivity contribution in [3.8, 4) is 5.75 Å². The van der Waals surface area contributed by atoms with E-state index in [0.717, 1.165) is 5.56 Å². The van der Waals surface area contributed by atoms with Crippen molar-refractivity contribution in [3.63, 3.8) is 0 Å². The number of furan rings is 1. The number of benzene rings is 2. The van der Waals surface area contributed by atoms with Gasteiger partial charge in [-0.1, -0.05) is 42.5 Å². The van der Waals surface area contributed by atoms with Crippen molar-refractivity contribution in [1.82, 2.24) is 15.1 Å². The molecular weight excluding hydrogens is 422 g/mol. The zero-order valence-electron chi connectivity index (χ0n) is 18.1. The third-order valence-corrected chi connectivity index (χ3v) is 5.43. The van der Waals surface area contributed by atoms with E-state index >= 15 is 0 Å². The molecule has 4 rings (SSSR count).